The molecule has 4 heterocycles. The average molecular weight is 587 g/mol. The summed E-state index contributed by atoms with van der Waals surface area (Å²) in [5.41, 5.74) is 0.611. The smallest absolute Gasteiger partial charge is 0.421 e. The van der Waals surface area contributed by atoms with E-state index in [1.54, 1.807) is 4.90 Å². The van der Waals surface area contributed by atoms with Gasteiger partial charge in [-0.3, -0.25) is 4.79 Å². The molecule has 8 nitrogen and oxygen atoms in total. The number of rotatable bonds is 6. The van der Waals surface area contributed by atoms with Gasteiger partial charge in [-0.1, -0.05) is 12.6 Å². The minimum atomic E-state index is -4.87. The maximum absolute atomic E-state index is 14.4. The summed E-state index contributed by atoms with van der Waals surface area (Å²) < 4.78 is 62.2. The molecular formula is C30H34F4N6O2. The van der Waals surface area contributed by atoms with Gasteiger partial charge >= 0.3 is 6.18 Å². The molecule has 2 saturated heterocycles. The van der Waals surface area contributed by atoms with Crippen LogP contribution in [0.2, 0.25) is 0 Å². The summed E-state index contributed by atoms with van der Waals surface area (Å²) in [5.74, 6) is -1.36. The number of benzene rings is 1. The van der Waals surface area contributed by atoms with E-state index in [2.05, 4.69) is 17.5 Å². The highest BCUT2D eigenvalue weighted by Crippen LogP contribution is 2.42. The topological polar surface area (TPSA) is 75.9 Å². The molecule has 1 amide bonds. The Morgan fingerprint density at radius 2 is 2.02 bits per heavy atom. The number of carbonyl (C=O) groups excluding carboxylic acids is 1. The predicted molar refractivity (Wildman–Crippen MR) is 150 cm³/mol. The molecule has 0 saturated carbocycles. The largest absolute Gasteiger partial charge is 0.475 e. The van der Waals surface area contributed by atoms with Crippen molar-refractivity contribution in [3.63, 3.8) is 0 Å². The Hall–Kier alpha value is -3.85. The van der Waals surface area contributed by atoms with Gasteiger partial charge in [-0.25, -0.2) is 9.37 Å². The second-order valence-electron chi connectivity index (χ2n) is 11.1. The molecule has 5 rings (SSSR count). The Morgan fingerprint density at radius 1 is 1.24 bits per heavy atom. The first kappa shape index (κ1) is 29.6. The minimum absolute atomic E-state index is 0.00919. The lowest BCUT2D eigenvalue weighted by Gasteiger charge is -2.42. The summed E-state index contributed by atoms with van der Waals surface area (Å²) in [6.07, 6.45) is -1.31. The lowest BCUT2D eigenvalue weighted by atomic mass is 9.96. The van der Waals surface area contributed by atoms with Crippen molar-refractivity contribution in [1.29, 1.82) is 5.26 Å². The van der Waals surface area contributed by atoms with Crippen LogP contribution in [0.5, 0.6) is 5.88 Å². The SMILES string of the molecule is C=CC(=O)N1CCN(c2c(C#N)c(OCC3CCCN3C)nc3c2CCN(c2cccc(F)c2C(F)(F)F)C3)CC1C. The van der Waals surface area contributed by atoms with Crippen LogP contribution in [0.4, 0.5) is 28.9 Å². The predicted octanol–water partition coefficient (Wildman–Crippen LogP) is 4.37. The summed E-state index contributed by atoms with van der Waals surface area (Å²) in [7, 11) is 2.01. The van der Waals surface area contributed by atoms with Crippen molar-refractivity contribution in [3.8, 4) is 11.9 Å². The van der Waals surface area contributed by atoms with Crippen molar-refractivity contribution >= 4 is 17.3 Å². The van der Waals surface area contributed by atoms with E-state index < -0.39 is 17.6 Å². The highest BCUT2D eigenvalue weighted by Gasteiger charge is 2.40. The number of amides is 1. The Labute approximate surface area is 242 Å². The first-order valence-corrected chi connectivity index (χ1v) is 14.1. The molecule has 12 heteroatoms. The van der Waals surface area contributed by atoms with Gasteiger partial charge in [-0.05, 0) is 58.0 Å². The Kier molecular flexibility index (Phi) is 8.32. The zero-order chi connectivity index (χ0) is 30.2. The molecule has 2 aromatic rings. The molecule has 2 unspecified atom stereocenters. The van der Waals surface area contributed by atoms with Gasteiger partial charge in [0.1, 0.15) is 29.6 Å². The number of likely N-dealkylation sites (N-methyl/N-ethyl adjacent to an activating group) is 1. The quantitative estimate of drug-likeness (QED) is 0.368. The zero-order valence-electron chi connectivity index (χ0n) is 23.8. The number of hydrogen-bond acceptors (Lipinski definition) is 7. The molecule has 42 heavy (non-hydrogen) atoms. The second kappa shape index (κ2) is 11.8. The fraction of sp³-hybridized carbons (Fsp3) is 0.500. The number of anilines is 2. The number of likely N-dealkylation sites (tertiary alicyclic amines) is 1. The van der Waals surface area contributed by atoms with E-state index in [1.165, 1.54) is 23.1 Å². The number of carbonyl (C=O) groups is 1. The summed E-state index contributed by atoms with van der Waals surface area (Å²) in [6, 6.07) is 5.62. The monoisotopic (exact) mass is 586 g/mol. The maximum Gasteiger partial charge on any atom is 0.421 e. The Morgan fingerprint density at radius 3 is 2.67 bits per heavy atom. The molecule has 2 atom stereocenters. The molecule has 2 fully saturated rings. The van der Waals surface area contributed by atoms with Crippen molar-refractivity contribution in [2.45, 2.75) is 51.0 Å². The average Bonchev–Trinajstić information content (AvgIpc) is 3.37. The lowest BCUT2D eigenvalue weighted by Crippen LogP contribution is -2.54. The van der Waals surface area contributed by atoms with Crippen LogP contribution in [0.3, 0.4) is 0 Å². The summed E-state index contributed by atoms with van der Waals surface area (Å²) in [6.45, 7) is 8.25. The fourth-order valence-electron chi connectivity index (χ4n) is 6.32. The number of piperazine rings is 1. The van der Waals surface area contributed by atoms with E-state index in [9.17, 15) is 27.6 Å². The molecule has 1 aromatic carbocycles. The third-order valence-corrected chi connectivity index (χ3v) is 8.51. The van der Waals surface area contributed by atoms with Gasteiger partial charge in [0, 0.05) is 43.8 Å². The number of alkyl halides is 3. The van der Waals surface area contributed by atoms with Crippen LogP contribution in [-0.2, 0) is 23.9 Å². The number of ether oxygens (including phenoxy) is 1. The fourth-order valence-corrected chi connectivity index (χ4v) is 6.32. The van der Waals surface area contributed by atoms with Crippen LogP contribution in [0, 0.1) is 17.1 Å². The van der Waals surface area contributed by atoms with Crippen LogP contribution in [0.25, 0.3) is 0 Å². The number of hydrogen-bond donors (Lipinski definition) is 0. The molecule has 3 aliphatic heterocycles. The molecule has 0 aliphatic carbocycles. The van der Waals surface area contributed by atoms with Crippen LogP contribution in [0.15, 0.2) is 30.9 Å². The number of aromatic nitrogens is 1. The third kappa shape index (κ3) is 5.62. The molecular weight excluding hydrogens is 552 g/mol. The summed E-state index contributed by atoms with van der Waals surface area (Å²) in [4.78, 5) is 24.5. The molecule has 0 spiro atoms. The zero-order valence-corrected chi connectivity index (χ0v) is 23.8. The standard InChI is InChI=1S/C30H34F4N6O2/c1-4-26(41)40-14-13-39(16-19(40)2)28-21-10-12-38(25-9-5-8-23(31)27(25)30(32,33)34)17-24(21)36-29(22(28)15-35)42-18-20-7-6-11-37(20)3/h4-5,8-9,19-20H,1,6-7,10-14,16-18H2,2-3H3. The molecule has 0 N–H and O–H groups in total. The van der Waals surface area contributed by atoms with E-state index >= 15 is 0 Å². The first-order chi connectivity index (χ1) is 20.0. The van der Waals surface area contributed by atoms with E-state index in [4.69, 9.17) is 9.72 Å². The van der Waals surface area contributed by atoms with Gasteiger partial charge < -0.3 is 24.3 Å². The molecule has 1 aromatic heterocycles. The van der Waals surface area contributed by atoms with Crippen LogP contribution in [0.1, 0.15) is 42.1 Å². The van der Waals surface area contributed by atoms with E-state index in [1.807, 2.05) is 18.9 Å². The van der Waals surface area contributed by atoms with E-state index in [0.717, 1.165) is 31.0 Å². The third-order valence-electron chi connectivity index (χ3n) is 8.51. The Bertz CT molecular complexity index is 1410. The first-order valence-electron chi connectivity index (χ1n) is 14.1. The number of nitrogens with zero attached hydrogens (tertiary/aromatic N) is 6. The number of halogens is 4. The van der Waals surface area contributed by atoms with Crippen molar-refractivity contribution in [1.82, 2.24) is 14.8 Å². The van der Waals surface area contributed by atoms with Crippen molar-refractivity contribution in [3.05, 3.63) is 59.1 Å². The second-order valence-corrected chi connectivity index (χ2v) is 11.1. The number of fused-ring (bicyclic) bond motifs is 1. The highest BCUT2D eigenvalue weighted by molar-refractivity contribution is 5.87. The van der Waals surface area contributed by atoms with Crippen LogP contribution < -0.4 is 14.5 Å². The van der Waals surface area contributed by atoms with E-state index in [0.29, 0.717) is 44.0 Å². The maximum atomic E-state index is 14.4. The van der Waals surface area contributed by atoms with Gasteiger partial charge in [0.05, 0.1) is 23.6 Å². The molecule has 0 bridgehead atoms. The normalized spacial score (nSPS) is 21.2. The van der Waals surface area contributed by atoms with Gasteiger partial charge in [0.15, 0.2) is 0 Å². The van der Waals surface area contributed by atoms with Gasteiger partial charge in [-0.15, -0.1) is 0 Å². The van der Waals surface area contributed by atoms with Crippen LogP contribution in [-0.4, -0.2) is 79.2 Å². The van der Waals surface area contributed by atoms with Crippen LogP contribution >= 0.6 is 0 Å². The van der Waals surface area contributed by atoms with Crippen molar-refractivity contribution < 1.29 is 27.1 Å². The molecule has 224 valence electrons. The minimum Gasteiger partial charge on any atom is -0.475 e. The number of nitriles is 1. The highest BCUT2D eigenvalue weighted by atomic mass is 19.4. The number of pyridine rings is 1. The van der Waals surface area contributed by atoms with Gasteiger partial charge in [0.2, 0.25) is 11.8 Å². The van der Waals surface area contributed by atoms with Gasteiger partial charge in [-0.2, -0.15) is 18.4 Å². The van der Waals surface area contributed by atoms with Crippen molar-refractivity contribution in [2.24, 2.45) is 0 Å². The Balaban J connectivity index is 1.55. The summed E-state index contributed by atoms with van der Waals surface area (Å²) in [5, 5.41) is 10.3. The lowest BCUT2D eigenvalue weighted by molar-refractivity contribution is -0.139. The summed E-state index contributed by atoms with van der Waals surface area (Å²) >= 11 is 0. The van der Waals surface area contributed by atoms with Crippen molar-refractivity contribution in [2.75, 3.05) is 56.2 Å². The van der Waals surface area contributed by atoms with E-state index in [-0.39, 0.29) is 48.2 Å². The molecule has 3 aliphatic rings. The molecule has 0 radical (unpaired) electrons. The van der Waals surface area contributed by atoms with Gasteiger partial charge in [0.25, 0.3) is 0 Å².